The van der Waals surface area contributed by atoms with E-state index < -0.39 is 11.6 Å². The van der Waals surface area contributed by atoms with E-state index in [1.165, 1.54) is 12.1 Å². The number of nitrogens with zero attached hydrogens (tertiary/aromatic N) is 1. The Balaban J connectivity index is 2.47. The highest BCUT2D eigenvalue weighted by atomic mass is 35.5. The molecule has 0 atom stereocenters. The molecule has 14 heavy (non-hydrogen) atoms. The summed E-state index contributed by atoms with van der Waals surface area (Å²) in [6.45, 7) is 0. The Labute approximate surface area is 83.1 Å². The summed E-state index contributed by atoms with van der Waals surface area (Å²) in [7, 11) is 0. The van der Waals surface area contributed by atoms with E-state index in [1.54, 1.807) is 0 Å². The van der Waals surface area contributed by atoms with Crippen molar-refractivity contribution in [3.05, 3.63) is 41.1 Å². The van der Waals surface area contributed by atoms with Crippen LogP contribution in [0.4, 0.5) is 8.78 Å². The molecule has 0 saturated carbocycles. The maximum atomic E-state index is 12.8. The third-order valence-electron chi connectivity index (χ3n) is 1.70. The van der Waals surface area contributed by atoms with Gasteiger partial charge in [0.25, 0.3) is 0 Å². The summed E-state index contributed by atoms with van der Waals surface area (Å²) in [5.41, 5.74) is 0.786. The molecule has 0 spiro atoms. The molecular formula is C9H4ClF2NO. The Kier molecular flexibility index (Phi) is 2.21. The van der Waals surface area contributed by atoms with Crippen LogP contribution in [0.2, 0.25) is 5.22 Å². The lowest BCUT2D eigenvalue weighted by atomic mass is 10.1. The van der Waals surface area contributed by atoms with Crippen molar-refractivity contribution in [2.24, 2.45) is 0 Å². The Morgan fingerprint density at radius 2 is 1.93 bits per heavy atom. The van der Waals surface area contributed by atoms with Gasteiger partial charge in [-0.15, -0.1) is 0 Å². The summed E-state index contributed by atoms with van der Waals surface area (Å²) in [6, 6.07) is 4.87. The lowest BCUT2D eigenvalue weighted by molar-refractivity contribution is 0.424. The van der Waals surface area contributed by atoms with Crippen LogP contribution in [-0.2, 0) is 0 Å². The molecule has 0 aliphatic carbocycles. The van der Waals surface area contributed by atoms with Gasteiger partial charge in [-0.2, -0.15) is 0 Å². The van der Waals surface area contributed by atoms with Crippen LogP contribution in [0.5, 0.6) is 0 Å². The molecular weight excluding hydrogens is 212 g/mol. The van der Waals surface area contributed by atoms with Crippen LogP contribution in [0, 0.1) is 11.6 Å². The van der Waals surface area contributed by atoms with E-state index in [-0.39, 0.29) is 5.22 Å². The fraction of sp³-hybridized carbons (Fsp3) is 0. The quantitative estimate of drug-likeness (QED) is 0.730. The highest BCUT2D eigenvalue weighted by Gasteiger charge is 2.08. The number of hydrogen-bond acceptors (Lipinski definition) is 2. The topological polar surface area (TPSA) is 26.0 Å². The third-order valence-corrected chi connectivity index (χ3v) is 1.87. The highest BCUT2D eigenvalue weighted by molar-refractivity contribution is 6.29. The number of rotatable bonds is 1. The summed E-state index contributed by atoms with van der Waals surface area (Å²) in [5.74, 6) is -1.83. The van der Waals surface area contributed by atoms with Gasteiger partial charge in [-0.1, -0.05) is 5.16 Å². The molecule has 2 aromatic rings. The van der Waals surface area contributed by atoms with Gasteiger partial charge in [0.15, 0.2) is 11.6 Å². The summed E-state index contributed by atoms with van der Waals surface area (Å²) in [5, 5.41) is 3.66. The van der Waals surface area contributed by atoms with E-state index in [1.807, 2.05) is 0 Å². The fourth-order valence-corrected chi connectivity index (χ4v) is 1.18. The second kappa shape index (κ2) is 3.38. The molecule has 1 aromatic heterocycles. The van der Waals surface area contributed by atoms with Gasteiger partial charge in [-0.25, -0.2) is 8.78 Å². The van der Waals surface area contributed by atoms with E-state index in [4.69, 9.17) is 11.6 Å². The zero-order valence-corrected chi connectivity index (χ0v) is 7.55. The van der Waals surface area contributed by atoms with Crippen LogP contribution in [0.25, 0.3) is 11.3 Å². The number of halogens is 3. The van der Waals surface area contributed by atoms with E-state index >= 15 is 0 Å². The van der Waals surface area contributed by atoms with Gasteiger partial charge in [0.1, 0.15) is 5.69 Å². The molecule has 0 fully saturated rings. The van der Waals surface area contributed by atoms with Crippen molar-refractivity contribution in [1.29, 1.82) is 0 Å². The number of benzene rings is 1. The Morgan fingerprint density at radius 3 is 2.50 bits per heavy atom. The fourth-order valence-electron chi connectivity index (χ4n) is 1.04. The van der Waals surface area contributed by atoms with E-state index in [0.717, 1.165) is 12.1 Å². The Hall–Kier alpha value is -1.42. The minimum Gasteiger partial charge on any atom is -0.344 e. The molecule has 0 unspecified atom stereocenters. The predicted octanol–water partition coefficient (Wildman–Crippen LogP) is 3.27. The summed E-state index contributed by atoms with van der Waals surface area (Å²) in [6.07, 6.45) is 0. The smallest absolute Gasteiger partial charge is 0.226 e. The number of hydrogen-bond donors (Lipinski definition) is 0. The minimum atomic E-state index is -0.929. The first-order valence-corrected chi connectivity index (χ1v) is 4.12. The molecule has 0 radical (unpaired) electrons. The minimum absolute atomic E-state index is 0.102. The monoisotopic (exact) mass is 215 g/mol. The number of aromatic nitrogens is 1. The van der Waals surface area contributed by atoms with Crippen molar-refractivity contribution in [3.63, 3.8) is 0 Å². The first-order chi connectivity index (χ1) is 6.66. The standard InChI is InChI=1S/C9H4ClF2NO/c10-9-4-8(13-14-9)5-1-2-6(11)7(12)3-5/h1-4H. The van der Waals surface area contributed by atoms with Crippen LogP contribution < -0.4 is 0 Å². The second-order valence-electron chi connectivity index (χ2n) is 2.65. The zero-order valence-electron chi connectivity index (χ0n) is 6.80. The average molecular weight is 216 g/mol. The molecule has 0 aliphatic heterocycles. The Bertz CT molecular complexity index is 470. The maximum Gasteiger partial charge on any atom is 0.226 e. The maximum absolute atomic E-state index is 12.8. The van der Waals surface area contributed by atoms with Crippen molar-refractivity contribution in [2.75, 3.05) is 0 Å². The van der Waals surface area contributed by atoms with Gasteiger partial charge in [0.05, 0.1) is 0 Å². The summed E-state index contributed by atoms with van der Waals surface area (Å²) >= 11 is 5.48. The SMILES string of the molecule is Fc1ccc(-c2cc(Cl)on2)cc1F. The molecule has 0 N–H and O–H groups in total. The largest absolute Gasteiger partial charge is 0.344 e. The molecule has 0 amide bonds. The molecule has 72 valence electrons. The van der Waals surface area contributed by atoms with Crippen molar-refractivity contribution in [3.8, 4) is 11.3 Å². The van der Waals surface area contributed by atoms with Crippen molar-refractivity contribution < 1.29 is 13.3 Å². The first-order valence-electron chi connectivity index (χ1n) is 3.74. The first kappa shape index (κ1) is 9.15. The molecule has 1 heterocycles. The second-order valence-corrected chi connectivity index (χ2v) is 3.02. The third kappa shape index (κ3) is 1.61. The average Bonchev–Trinajstić information content (AvgIpc) is 2.57. The summed E-state index contributed by atoms with van der Waals surface area (Å²) < 4.78 is 30.0. The van der Waals surface area contributed by atoms with Crippen LogP contribution in [0.1, 0.15) is 0 Å². The molecule has 2 rings (SSSR count). The predicted molar refractivity (Wildman–Crippen MR) is 46.9 cm³/mol. The van der Waals surface area contributed by atoms with Crippen LogP contribution >= 0.6 is 11.6 Å². The molecule has 0 saturated heterocycles. The van der Waals surface area contributed by atoms with Crippen molar-refractivity contribution >= 4 is 11.6 Å². The van der Waals surface area contributed by atoms with Gasteiger partial charge in [-0.05, 0) is 29.8 Å². The van der Waals surface area contributed by atoms with Crippen molar-refractivity contribution in [2.45, 2.75) is 0 Å². The molecule has 1 aromatic carbocycles. The molecule has 5 heteroatoms. The molecule has 0 bridgehead atoms. The van der Waals surface area contributed by atoms with E-state index in [0.29, 0.717) is 11.3 Å². The highest BCUT2D eigenvalue weighted by Crippen LogP contribution is 2.22. The van der Waals surface area contributed by atoms with Gasteiger partial charge >= 0.3 is 0 Å². The lowest BCUT2D eigenvalue weighted by Crippen LogP contribution is -1.84. The zero-order chi connectivity index (χ0) is 10.1. The van der Waals surface area contributed by atoms with Gasteiger partial charge in [0, 0.05) is 11.6 Å². The van der Waals surface area contributed by atoms with Crippen LogP contribution in [0.3, 0.4) is 0 Å². The molecule has 0 aliphatic rings. The summed E-state index contributed by atoms with van der Waals surface area (Å²) in [4.78, 5) is 0. The van der Waals surface area contributed by atoms with Gasteiger partial charge in [0.2, 0.25) is 5.22 Å². The lowest BCUT2D eigenvalue weighted by Gasteiger charge is -1.95. The van der Waals surface area contributed by atoms with Gasteiger partial charge in [-0.3, -0.25) is 0 Å². The van der Waals surface area contributed by atoms with Crippen LogP contribution in [0.15, 0.2) is 28.8 Å². The Morgan fingerprint density at radius 1 is 1.14 bits per heavy atom. The van der Waals surface area contributed by atoms with E-state index in [2.05, 4.69) is 9.68 Å². The van der Waals surface area contributed by atoms with Gasteiger partial charge < -0.3 is 4.52 Å². The van der Waals surface area contributed by atoms with E-state index in [9.17, 15) is 8.78 Å². The van der Waals surface area contributed by atoms with Crippen LogP contribution in [-0.4, -0.2) is 5.16 Å². The normalized spacial score (nSPS) is 10.5. The van der Waals surface area contributed by atoms with Crippen molar-refractivity contribution in [1.82, 2.24) is 5.16 Å². The molecule has 2 nitrogen and oxygen atoms in total.